The number of carbonyl (C=O) groups is 3. The van der Waals surface area contributed by atoms with Crippen LogP contribution in [-0.4, -0.2) is 63.9 Å². The Bertz CT molecular complexity index is 992. The highest BCUT2D eigenvalue weighted by Crippen LogP contribution is 2.24. The molecule has 9 heteroatoms. The first-order valence-electron chi connectivity index (χ1n) is 14.3. The van der Waals surface area contributed by atoms with E-state index in [1.807, 2.05) is 52.9 Å². The zero-order chi connectivity index (χ0) is 29.0. The quantitative estimate of drug-likeness (QED) is 0.436. The second-order valence-electron chi connectivity index (χ2n) is 9.07. The molecule has 2 aliphatic rings. The Morgan fingerprint density at radius 3 is 2.41 bits per heavy atom. The van der Waals surface area contributed by atoms with E-state index in [1.54, 1.807) is 11.1 Å². The van der Waals surface area contributed by atoms with Crippen LogP contribution in [0.1, 0.15) is 76.6 Å². The normalized spacial score (nSPS) is 13.9. The first-order valence-corrected chi connectivity index (χ1v) is 14.3. The molecule has 216 valence electrons. The molecule has 2 aromatic rings. The molecule has 9 nitrogen and oxygen atoms in total. The van der Waals surface area contributed by atoms with Crippen molar-refractivity contribution in [2.24, 2.45) is 5.92 Å². The second kappa shape index (κ2) is 19.6. The van der Waals surface area contributed by atoms with Gasteiger partial charge in [-0.25, -0.2) is 4.98 Å². The van der Waals surface area contributed by atoms with Crippen LogP contribution < -0.4 is 10.6 Å². The minimum Gasteiger partial charge on any atom is -0.481 e. The van der Waals surface area contributed by atoms with E-state index >= 15 is 0 Å². The Labute approximate surface area is 233 Å². The summed E-state index contributed by atoms with van der Waals surface area (Å²) in [6.45, 7) is 12.3. The highest BCUT2D eigenvalue weighted by Gasteiger charge is 2.25. The van der Waals surface area contributed by atoms with E-state index < -0.39 is 11.9 Å². The predicted octanol–water partition coefficient (Wildman–Crippen LogP) is 4.64. The third kappa shape index (κ3) is 13.2. The smallest absolute Gasteiger partial charge is 0.305 e. The van der Waals surface area contributed by atoms with Crippen LogP contribution in [0, 0.1) is 12.8 Å². The number of carboxylic acid groups (broad SMARTS) is 1. The van der Waals surface area contributed by atoms with E-state index in [0.717, 1.165) is 50.2 Å². The van der Waals surface area contributed by atoms with Gasteiger partial charge in [0.1, 0.15) is 12.2 Å². The van der Waals surface area contributed by atoms with Gasteiger partial charge in [0.05, 0.1) is 6.42 Å². The number of aliphatic carboxylic acids is 1. The molecule has 0 radical (unpaired) electrons. The Morgan fingerprint density at radius 2 is 1.82 bits per heavy atom. The number of pyridine rings is 2. The number of rotatable bonds is 7. The fourth-order valence-corrected chi connectivity index (χ4v) is 4.23. The highest BCUT2D eigenvalue weighted by molar-refractivity contribution is 5.97. The largest absolute Gasteiger partial charge is 0.481 e. The number of aromatic nitrogens is 2. The number of carboxylic acids is 1. The number of amides is 2. The zero-order valence-electron chi connectivity index (χ0n) is 24.3. The van der Waals surface area contributed by atoms with Gasteiger partial charge in [0.15, 0.2) is 0 Å². The second-order valence-corrected chi connectivity index (χ2v) is 9.07. The first kappa shape index (κ1) is 33.5. The van der Waals surface area contributed by atoms with E-state index in [1.165, 1.54) is 11.1 Å². The minimum atomic E-state index is -0.974. The van der Waals surface area contributed by atoms with Crippen molar-refractivity contribution in [3.05, 3.63) is 53.5 Å². The molecule has 39 heavy (non-hydrogen) atoms. The Morgan fingerprint density at radius 1 is 1.10 bits per heavy atom. The molecule has 2 aliphatic heterocycles. The molecule has 0 aromatic carbocycles. The van der Waals surface area contributed by atoms with Gasteiger partial charge in [0, 0.05) is 44.3 Å². The molecule has 0 spiro atoms. The maximum Gasteiger partial charge on any atom is 0.305 e. The van der Waals surface area contributed by atoms with Gasteiger partial charge < -0.3 is 20.6 Å². The molecule has 0 unspecified atom stereocenters. The van der Waals surface area contributed by atoms with Crippen molar-refractivity contribution < 1.29 is 19.5 Å². The zero-order valence-corrected chi connectivity index (χ0v) is 24.3. The van der Waals surface area contributed by atoms with Crippen molar-refractivity contribution >= 4 is 23.6 Å². The number of hydrogen-bond acceptors (Lipinski definition) is 6. The molecule has 2 aromatic heterocycles. The van der Waals surface area contributed by atoms with Gasteiger partial charge in [-0.15, -0.1) is 0 Å². The third-order valence-corrected chi connectivity index (χ3v) is 6.20. The fourth-order valence-electron chi connectivity index (χ4n) is 4.23. The SMILES string of the molecule is CC.CC.Cc1cccnc1.O=C(O)CCNC(=O)CC(=O)N1CCC(Cc2ccc3c(n2)NCCC3)CC1. The Kier molecular flexibility index (Phi) is 16.8. The lowest BCUT2D eigenvalue weighted by molar-refractivity contribution is -0.137. The molecule has 3 N–H and O–H groups in total. The first-order chi connectivity index (χ1) is 18.9. The fraction of sp³-hybridized carbons (Fsp3) is 0.567. The van der Waals surface area contributed by atoms with Crippen LogP contribution in [-0.2, 0) is 27.2 Å². The summed E-state index contributed by atoms with van der Waals surface area (Å²) in [6.07, 6.45) is 8.19. The van der Waals surface area contributed by atoms with Crippen molar-refractivity contribution in [2.75, 3.05) is 31.5 Å². The monoisotopic (exact) mass is 541 g/mol. The number of aryl methyl sites for hydroxylation is 2. The van der Waals surface area contributed by atoms with E-state index in [9.17, 15) is 14.4 Å². The minimum absolute atomic E-state index is 0.0478. The molecule has 0 saturated carbocycles. The van der Waals surface area contributed by atoms with Gasteiger partial charge in [0.25, 0.3) is 0 Å². The summed E-state index contributed by atoms with van der Waals surface area (Å²) in [5, 5.41) is 14.4. The number of piperidine rings is 1. The number of anilines is 1. The molecule has 1 fully saturated rings. The van der Waals surface area contributed by atoms with Gasteiger partial charge in [-0.3, -0.25) is 19.4 Å². The molecule has 0 atom stereocenters. The van der Waals surface area contributed by atoms with Crippen LogP contribution in [0.15, 0.2) is 36.7 Å². The van der Waals surface area contributed by atoms with E-state index in [-0.39, 0.29) is 25.3 Å². The molecule has 4 rings (SSSR count). The summed E-state index contributed by atoms with van der Waals surface area (Å²) in [6, 6.07) is 8.23. The number of hydrogen-bond donors (Lipinski definition) is 3. The predicted molar refractivity (Wildman–Crippen MR) is 156 cm³/mol. The average Bonchev–Trinajstić information content (AvgIpc) is 2.96. The van der Waals surface area contributed by atoms with E-state index in [4.69, 9.17) is 10.1 Å². The summed E-state index contributed by atoms with van der Waals surface area (Å²) in [7, 11) is 0. The maximum absolute atomic E-state index is 12.3. The summed E-state index contributed by atoms with van der Waals surface area (Å²) < 4.78 is 0. The lowest BCUT2D eigenvalue weighted by atomic mass is 9.91. The summed E-state index contributed by atoms with van der Waals surface area (Å²) in [5.41, 5.74) is 3.59. The molecular formula is C30H47N5O4. The van der Waals surface area contributed by atoms with Gasteiger partial charge in [-0.1, -0.05) is 39.8 Å². The standard InChI is InChI=1S/C20H28N4O4.C6H7N.2C2H6/c25-17(21-9-5-19(27)28)13-18(26)24-10-6-14(7-11-24)12-16-4-3-15-2-1-8-22-20(15)23-16;1-6-3-2-4-7-5-6;2*1-2/h3-4,14H,1-2,5-13H2,(H,21,25)(H,22,23)(H,27,28);2-5H,1H3;2*1-2H3. The van der Waals surface area contributed by atoms with Gasteiger partial charge >= 0.3 is 5.97 Å². The third-order valence-electron chi connectivity index (χ3n) is 6.20. The number of likely N-dealkylation sites (tertiary alicyclic amines) is 1. The van der Waals surface area contributed by atoms with E-state index in [2.05, 4.69) is 27.8 Å². The van der Waals surface area contributed by atoms with Gasteiger partial charge in [0.2, 0.25) is 11.8 Å². The van der Waals surface area contributed by atoms with Crippen molar-refractivity contribution in [3.8, 4) is 0 Å². The van der Waals surface area contributed by atoms with Gasteiger partial charge in [-0.05, 0) is 68.2 Å². The highest BCUT2D eigenvalue weighted by atomic mass is 16.4. The van der Waals surface area contributed by atoms with Crippen LogP contribution >= 0.6 is 0 Å². The Hall–Kier alpha value is -3.49. The number of fused-ring (bicyclic) bond motifs is 1. The van der Waals surface area contributed by atoms with Crippen molar-refractivity contribution in [2.45, 2.75) is 79.6 Å². The summed E-state index contributed by atoms with van der Waals surface area (Å²) in [5.74, 6) is -0.0766. The molecule has 0 aliphatic carbocycles. The topological polar surface area (TPSA) is 125 Å². The maximum atomic E-state index is 12.3. The van der Waals surface area contributed by atoms with Crippen molar-refractivity contribution in [3.63, 3.8) is 0 Å². The van der Waals surface area contributed by atoms with Crippen LogP contribution in [0.4, 0.5) is 5.82 Å². The van der Waals surface area contributed by atoms with Crippen LogP contribution in [0.5, 0.6) is 0 Å². The van der Waals surface area contributed by atoms with E-state index in [0.29, 0.717) is 19.0 Å². The van der Waals surface area contributed by atoms with Crippen LogP contribution in [0.2, 0.25) is 0 Å². The number of nitrogens with one attached hydrogen (secondary N) is 2. The van der Waals surface area contributed by atoms with Crippen molar-refractivity contribution in [1.82, 2.24) is 20.2 Å². The van der Waals surface area contributed by atoms with Crippen LogP contribution in [0.3, 0.4) is 0 Å². The lowest BCUT2D eigenvalue weighted by Crippen LogP contribution is -2.41. The van der Waals surface area contributed by atoms with Crippen molar-refractivity contribution in [1.29, 1.82) is 0 Å². The molecular weight excluding hydrogens is 494 g/mol. The number of nitrogens with zero attached hydrogens (tertiary/aromatic N) is 3. The molecule has 4 heterocycles. The number of carbonyl (C=O) groups excluding carboxylic acids is 2. The van der Waals surface area contributed by atoms with Gasteiger partial charge in [-0.2, -0.15) is 0 Å². The molecule has 1 saturated heterocycles. The summed E-state index contributed by atoms with van der Waals surface area (Å²) >= 11 is 0. The van der Waals surface area contributed by atoms with Crippen LogP contribution in [0.25, 0.3) is 0 Å². The summed E-state index contributed by atoms with van der Waals surface area (Å²) in [4.78, 5) is 44.8. The average molecular weight is 542 g/mol. The molecule has 2 amide bonds. The molecule has 0 bridgehead atoms. The Balaban J connectivity index is 0.000000585. The lowest BCUT2D eigenvalue weighted by Gasteiger charge is -2.32.